The number of ether oxygens (including phenoxy) is 1. The topological polar surface area (TPSA) is 86.5 Å². The summed E-state index contributed by atoms with van der Waals surface area (Å²) in [5, 5.41) is 5.02. The van der Waals surface area contributed by atoms with Gasteiger partial charge in [0.2, 0.25) is 10.0 Å². The quantitative estimate of drug-likeness (QED) is 0.571. The lowest BCUT2D eigenvalue weighted by atomic mass is 10.2. The van der Waals surface area contributed by atoms with E-state index in [1.165, 1.54) is 6.07 Å². The first-order valence-corrected chi connectivity index (χ1v) is 5.76. The Morgan fingerprint density at radius 2 is 2.00 bits per heavy atom. The molecule has 0 aliphatic carbocycles. The Kier molecular flexibility index (Phi) is 3.81. The maximum Gasteiger partial charge on any atom is 0.293 e. The van der Waals surface area contributed by atoms with Crippen molar-refractivity contribution in [2.24, 2.45) is 5.14 Å². The first-order chi connectivity index (χ1) is 7.05. The Balaban J connectivity index is 2.92. The second-order valence-electron chi connectivity index (χ2n) is 2.87. The third-order valence-corrected chi connectivity index (χ3v) is 2.85. The van der Waals surface area contributed by atoms with Gasteiger partial charge in [-0.2, -0.15) is 0 Å². The van der Waals surface area contributed by atoms with E-state index in [9.17, 15) is 13.2 Å². The fourth-order valence-electron chi connectivity index (χ4n) is 1.20. The monoisotopic (exact) mass is 229 g/mol. The van der Waals surface area contributed by atoms with Crippen molar-refractivity contribution in [3.63, 3.8) is 0 Å². The number of benzene rings is 1. The van der Waals surface area contributed by atoms with Gasteiger partial charge in [0.1, 0.15) is 0 Å². The van der Waals surface area contributed by atoms with Gasteiger partial charge in [-0.25, -0.2) is 13.6 Å². The van der Waals surface area contributed by atoms with Crippen molar-refractivity contribution in [1.29, 1.82) is 0 Å². The average Bonchev–Trinajstić information content (AvgIpc) is 2.17. The predicted molar refractivity (Wildman–Crippen MR) is 53.5 cm³/mol. The molecule has 0 saturated carbocycles. The van der Waals surface area contributed by atoms with E-state index < -0.39 is 10.0 Å². The molecule has 0 heterocycles. The number of carbonyl (C=O) groups is 1. The Bertz CT molecular complexity index is 441. The van der Waals surface area contributed by atoms with E-state index in [1.807, 2.05) is 0 Å². The zero-order valence-corrected chi connectivity index (χ0v) is 8.74. The smallest absolute Gasteiger partial charge is 0.293 e. The molecule has 0 radical (unpaired) electrons. The first kappa shape index (κ1) is 11.7. The lowest BCUT2D eigenvalue weighted by molar-refractivity contribution is -0.128. The summed E-state index contributed by atoms with van der Waals surface area (Å²) in [6.45, 7) is 0.454. The van der Waals surface area contributed by atoms with Crippen LogP contribution < -0.4 is 5.14 Å². The van der Waals surface area contributed by atoms with Crippen LogP contribution in [0.4, 0.5) is 0 Å². The fraction of sp³-hybridized carbons (Fsp3) is 0.222. The highest BCUT2D eigenvalue weighted by Gasteiger charge is 2.12. The number of hydrogen-bond acceptors (Lipinski definition) is 4. The molecule has 6 heteroatoms. The third-order valence-electron chi connectivity index (χ3n) is 1.84. The van der Waals surface area contributed by atoms with Gasteiger partial charge in [0, 0.05) is 6.42 Å². The molecule has 0 aromatic heterocycles. The highest BCUT2D eigenvalue weighted by Crippen LogP contribution is 2.13. The molecule has 0 saturated heterocycles. The molecule has 1 aromatic rings. The summed E-state index contributed by atoms with van der Waals surface area (Å²) >= 11 is 0. The van der Waals surface area contributed by atoms with Gasteiger partial charge in [0.15, 0.2) is 0 Å². The number of rotatable bonds is 5. The summed E-state index contributed by atoms with van der Waals surface area (Å²) in [6, 6.07) is 6.34. The molecule has 0 aliphatic heterocycles. The molecular weight excluding hydrogens is 218 g/mol. The molecular formula is C9H11NO4S. The van der Waals surface area contributed by atoms with E-state index in [0.29, 0.717) is 18.5 Å². The third kappa shape index (κ3) is 3.34. The van der Waals surface area contributed by atoms with Gasteiger partial charge >= 0.3 is 0 Å². The molecule has 1 aromatic carbocycles. The maximum atomic E-state index is 11.2. The van der Waals surface area contributed by atoms with Crippen LogP contribution in [0, 0.1) is 0 Å². The van der Waals surface area contributed by atoms with Gasteiger partial charge in [-0.1, -0.05) is 18.2 Å². The van der Waals surface area contributed by atoms with Crippen LogP contribution in [0.5, 0.6) is 0 Å². The van der Waals surface area contributed by atoms with Crippen LogP contribution in [0.1, 0.15) is 5.56 Å². The van der Waals surface area contributed by atoms with Crippen molar-refractivity contribution >= 4 is 16.5 Å². The summed E-state index contributed by atoms with van der Waals surface area (Å²) in [7, 11) is -3.71. The largest absolute Gasteiger partial charge is 0.468 e. The summed E-state index contributed by atoms with van der Waals surface area (Å²) in [6.07, 6.45) is 0.325. The van der Waals surface area contributed by atoms with Gasteiger partial charge in [0.25, 0.3) is 6.47 Å². The molecule has 1 rings (SSSR count). The molecule has 0 spiro atoms. The normalized spacial score (nSPS) is 11.0. The van der Waals surface area contributed by atoms with E-state index in [-0.39, 0.29) is 11.5 Å². The highest BCUT2D eigenvalue weighted by atomic mass is 32.2. The highest BCUT2D eigenvalue weighted by molar-refractivity contribution is 7.89. The lowest BCUT2D eigenvalue weighted by Crippen LogP contribution is -2.15. The van der Waals surface area contributed by atoms with Gasteiger partial charge in [-0.3, -0.25) is 4.79 Å². The van der Waals surface area contributed by atoms with Crippen molar-refractivity contribution in [3.8, 4) is 0 Å². The molecule has 2 N–H and O–H groups in total. The van der Waals surface area contributed by atoms with Gasteiger partial charge < -0.3 is 4.74 Å². The van der Waals surface area contributed by atoms with Crippen LogP contribution in [-0.2, 0) is 26.0 Å². The first-order valence-electron chi connectivity index (χ1n) is 4.21. The number of nitrogens with two attached hydrogens (primary N) is 1. The predicted octanol–water partition coefficient (Wildman–Crippen LogP) is 0.0495. The summed E-state index contributed by atoms with van der Waals surface area (Å²) in [5.41, 5.74) is 0.543. The molecule has 82 valence electrons. The van der Waals surface area contributed by atoms with Gasteiger partial charge in [-0.15, -0.1) is 0 Å². The van der Waals surface area contributed by atoms with E-state index in [0.717, 1.165) is 0 Å². The van der Waals surface area contributed by atoms with Crippen molar-refractivity contribution in [2.45, 2.75) is 11.3 Å². The Labute approximate surface area is 87.9 Å². The van der Waals surface area contributed by atoms with Crippen LogP contribution in [0.3, 0.4) is 0 Å². The SMILES string of the molecule is NS(=O)(=O)c1ccccc1CCOC=O. The van der Waals surface area contributed by atoms with E-state index in [4.69, 9.17) is 5.14 Å². The summed E-state index contributed by atoms with van der Waals surface area (Å²) in [5.74, 6) is 0. The van der Waals surface area contributed by atoms with Crippen molar-refractivity contribution in [2.75, 3.05) is 6.61 Å². The Morgan fingerprint density at radius 3 is 2.60 bits per heavy atom. The van der Waals surface area contributed by atoms with E-state index in [2.05, 4.69) is 4.74 Å². The standard InChI is InChI=1S/C9H11NO4S/c10-15(12,13)9-4-2-1-3-8(9)5-6-14-7-11/h1-4,7H,5-6H2,(H2,10,12,13). The zero-order valence-electron chi connectivity index (χ0n) is 7.92. The lowest BCUT2D eigenvalue weighted by Gasteiger charge is -2.06. The Morgan fingerprint density at radius 1 is 1.33 bits per heavy atom. The molecule has 0 aliphatic rings. The number of hydrogen-bond donors (Lipinski definition) is 1. The van der Waals surface area contributed by atoms with Crippen molar-refractivity contribution < 1.29 is 17.9 Å². The second-order valence-corrected chi connectivity index (χ2v) is 4.40. The van der Waals surface area contributed by atoms with E-state index in [1.54, 1.807) is 18.2 Å². The van der Waals surface area contributed by atoms with Gasteiger partial charge in [0.05, 0.1) is 11.5 Å². The minimum absolute atomic E-state index is 0.0690. The molecule has 0 unspecified atom stereocenters. The summed E-state index contributed by atoms with van der Waals surface area (Å²) in [4.78, 5) is 9.98. The van der Waals surface area contributed by atoms with Crippen LogP contribution in [0.2, 0.25) is 0 Å². The van der Waals surface area contributed by atoms with Crippen LogP contribution >= 0.6 is 0 Å². The average molecular weight is 229 g/mol. The summed E-state index contributed by atoms with van der Waals surface area (Å²) < 4.78 is 26.8. The Hall–Kier alpha value is -1.40. The number of sulfonamides is 1. The zero-order chi connectivity index (χ0) is 11.3. The van der Waals surface area contributed by atoms with Crippen molar-refractivity contribution in [3.05, 3.63) is 29.8 Å². The van der Waals surface area contributed by atoms with Crippen LogP contribution in [-0.4, -0.2) is 21.5 Å². The molecule has 0 bridgehead atoms. The van der Waals surface area contributed by atoms with Gasteiger partial charge in [-0.05, 0) is 11.6 Å². The fourth-order valence-corrected chi connectivity index (χ4v) is 2.01. The van der Waals surface area contributed by atoms with E-state index >= 15 is 0 Å². The number of carbonyl (C=O) groups excluding carboxylic acids is 1. The molecule has 0 atom stereocenters. The van der Waals surface area contributed by atoms with Crippen LogP contribution in [0.25, 0.3) is 0 Å². The molecule has 0 amide bonds. The second kappa shape index (κ2) is 4.90. The molecule has 0 fully saturated rings. The minimum Gasteiger partial charge on any atom is -0.468 e. The molecule has 15 heavy (non-hydrogen) atoms. The minimum atomic E-state index is -3.71. The number of primary sulfonamides is 1. The maximum absolute atomic E-state index is 11.2. The van der Waals surface area contributed by atoms with Crippen molar-refractivity contribution in [1.82, 2.24) is 0 Å². The molecule has 5 nitrogen and oxygen atoms in total. The van der Waals surface area contributed by atoms with Crippen LogP contribution in [0.15, 0.2) is 29.2 Å².